The number of fused-ring (bicyclic) bond motifs is 1. The summed E-state index contributed by atoms with van der Waals surface area (Å²) in [5, 5.41) is 7.61. The van der Waals surface area contributed by atoms with Gasteiger partial charge in [0, 0.05) is 10.9 Å². The van der Waals surface area contributed by atoms with Gasteiger partial charge in [0.15, 0.2) is 0 Å². The first kappa shape index (κ1) is 14.2. The number of amides is 2. The highest BCUT2D eigenvalue weighted by Crippen LogP contribution is 2.22. The molecule has 3 aromatic rings. The number of hydrogen-bond donors (Lipinski definition) is 2. The summed E-state index contributed by atoms with van der Waals surface area (Å²) in [5.74, 6) is 0. The van der Waals surface area contributed by atoms with Crippen LogP contribution in [-0.4, -0.2) is 11.0 Å². The molecule has 2 N–H and O–H groups in total. The fourth-order valence-electron chi connectivity index (χ4n) is 2.25. The maximum absolute atomic E-state index is 12.1. The standard InChI is InChI=1S/C18H14N2OS/c21-18(20-17(22)14-8-2-1-3-9-14)19-16-12-6-10-13-7-4-5-11-15(13)16/h1-12H,(H2,19,20,21,22). The van der Waals surface area contributed by atoms with Gasteiger partial charge in [0.05, 0.1) is 5.69 Å². The highest BCUT2D eigenvalue weighted by atomic mass is 32.1. The van der Waals surface area contributed by atoms with Gasteiger partial charge in [0.2, 0.25) is 0 Å². The van der Waals surface area contributed by atoms with Gasteiger partial charge >= 0.3 is 6.03 Å². The summed E-state index contributed by atoms with van der Waals surface area (Å²) in [5.41, 5.74) is 1.57. The molecule has 3 nitrogen and oxygen atoms in total. The fraction of sp³-hybridized carbons (Fsp3) is 0. The summed E-state index contributed by atoms with van der Waals surface area (Å²) < 4.78 is 0. The molecule has 0 saturated carbocycles. The summed E-state index contributed by atoms with van der Waals surface area (Å²) in [4.78, 5) is 12.5. The number of nitrogens with one attached hydrogen (secondary N) is 2. The molecule has 0 spiro atoms. The van der Waals surface area contributed by atoms with E-state index in [-0.39, 0.29) is 6.03 Å². The molecular weight excluding hydrogens is 292 g/mol. The Morgan fingerprint density at radius 1 is 0.818 bits per heavy atom. The first-order valence-electron chi connectivity index (χ1n) is 6.89. The summed E-state index contributed by atoms with van der Waals surface area (Å²) >= 11 is 5.24. The number of benzene rings is 3. The average Bonchev–Trinajstić information content (AvgIpc) is 2.56. The molecule has 0 aliphatic rings. The van der Waals surface area contributed by atoms with E-state index in [0.29, 0.717) is 4.99 Å². The van der Waals surface area contributed by atoms with E-state index in [4.69, 9.17) is 12.2 Å². The molecule has 0 bridgehead atoms. The minimum atomic E-state index is -0.342. The minimum absolute atomic E-state index is 0.342. The number of thiocarbonyl (C=S) groups is 1. The minimum Gasteiger partial charge on any atom is -0.307 e. The van der Waals surface area contributed by atoms with Crippen LogP contribution in [0.25, 0.3) is 10.8 Å². The molecule has 3 rings (SSSR count). The Kier molecular flexibility index (Phi) is 4.12. The number of carbonyl (C=O) groups excluding carboxylic acids is 1. The summed E-state index contributed by atoms with van der Waals surface area (Å²) in [6.45, 7) is 0. The molecule has 0 unspecified atom stereocenters. The van der Waals surface area contributed by atoms with Gasteiger partial charge in [-0.25, -0.2) is 4.79 Å². The highest BCUT2D eigenvalue weighted by Gasteiger charge is 2.08. The molecule has 3 aromatic carbocycles. The van der Waals surface area contributed by atoms with Crippen molar-refractivity contribution in [1.82, 2.24) is 5.32 Å². The predicted octanol–water partition coefficient (Wildman–Crippen LogP) is 4.34. The van der Waals surface area contributed by atoms with Gasteiger partial charge < -0.3 is 5.32 Å². The van der Waals surface area contributed by atoms with Crippen LogP contribution in [0.1, 0.15) is 5.56 Å². The summed E-state index contributed by atoms with van der Waals surface area (Å²) in [7, 11) is 0. The van der Waals surface area contributed by atoms with E-state index in [9.17, 15) is 4.79 Å². The fourth-order valence-corrected chi connectivity index (χ4v) is 2.48. The van der Waals surface area contributed by atoms with Gasteiger partial charge in [0.1, 0.15) is 4.99 Å². The zero-order valence-corrected chi connectivity index (χ0v) is 12.6. The first-order chi connectivity index (χ1) is 10.7. The molecule has 2 amide bonds. The predicted molar refractivity (Wildman–Crippen MR) is 94.2 cm³/mol. The lowest BCUT2D eigenvalue weighted by molar-refractivity contribution is 0.256. The maximum atomic E-state index is 12.1. The third-order valence-electron chi connectivity index (χ3n) is 3.30. The van der Waals surface area contributed by atoms with Crippen LogP contribution in [-0.2, 0) is 0 Å². The van der Waals surface area contributed by atoms with E-state index in [1.54, 1.807) is 0 Å². The number of rotatable bonds is 2. The van der Waals surface area contributed by atoms with Crippen LogP contribution in [0, 0.1) is 0 Å². The molecule has 0 radical (unpaired) electrons. The van der Waals surface area contributed by atoms with E-state index >= 15 is 0 Å². The van der Waals surface area contributed by atoms with E-state index < -0.39 is 0 Å². The van der Waals surface area contributed by atoms with Gasteiger partial charge in [-0.2, -0.15) is 0 Å². The van der Waals surface area contributed by atoms with Crippen molar-refractivity contribution >= 4 is 39.7 Å². The van der Waals surface area contributed by atoms with Gasteiger partial charge in [0.25, 0.3) is 0 Å². The van der Waals surface area contributed by atoms with Crippen molar-refractivity contribution in [2.75, 3.05) is 5.32 Å². The monoisotopic (exact) mass is 306 g/mol. The molecule has 4 heteroatoms. The van der Waals surface area contributed by atoms with Crippen molar-refractivity contribution in [1.29, 1.82) is 0 Å². The quantitative estimate of drug-likeness (QED) is 0.692. The molecule has 0 aliphatic heterocycles. The Bertz CT molecular complexity index is 825. The van der Waals surface area contributed by atoms with Crippen molar-refractivity contribution in [3.63, 3.8) is 0 Å². The van der Waals surface area contributed by atoms with Crippen molar-refractivity contribution in [2.24, 2.45) is 0 Å². The Morgan fingerprint density at radius 2 is 1.50 bits per heavy atom. The smallest absolute Gasteiger partial charge is 0.307 e. The largest absolute Gasteiger partial charge is 0.324 e. The van der Waals surface area contributed by atoms with E-state index in [1.165, 1.54) is 0 Å². The molecule has 0 aromatic heterocycles. The van der Waals surface area contributed by atoms with Crippen molar-refractivity contribution in [2.45, 2.75) is 0 Å². The Labute approximate surface area is 134 Å². The Balaban J connectivity index is 1.75. The lowest BCUT2D eigenvalue weighted by atomic mass is 10.1. The maximum Gasteiger partial charge on any atom is 0.324 e. The number of hydrogen-bond acceptors (Lipinski definition) is 2. The topological polar surface area (TPSA) is 41.1 Å². The zero-order valence-electron chi connectivity index (χ0n) is 11.7. The molecule has 22 heavy (non-hydrogen) atoms. The van der Waals surface area contributed by atoms with Gasteiger partial charge in [-0.3, -0.25) is 5.32 Å². The van der Waals surface area contributed by atoms with Crippen LogP contribution >= 0.6 is 12.2 Å². The molecule has 0 fully saturated rings. The van der Waals surface area contributed by atoms with Crippen LogP contribution < -0.4 is 10.6 Å². The SMILES string of the molecule is O=C(NC(=S)c1ccccc1)Nc1cccc2ccccc12. The first-order valence-corrected chi connectivity index (χ1v) is 7.30. The second-order valence-electron chi connectivity index (χ2n) is 4.80. The van der Waals surface area contributed by atoms with E-state index in [2.05, 4.69) is 10.6 Å². The third kappa shape index (κ3) is 3.13. The van der Waals surface area contributed by atoms with Crippen LogP contribution in [0.2, 0.25) is 0 Å². The van der Waals surface area contributed by atoms with Crippen LogP contribution in [0.15, 0.2) is 72.8 Å². The Hall–Kier alpha value is -2.72. The van der Waals surface area contributed by atoms with Crippen LogP contribution in [0.5, 0.6) is 0 Å². The second kappa shape index (κ2) is 6.37. The molecule has 0 heterocycles. The van der Waals surface area contributed by atoms with Crippen molar-refractivity contribution in [3.8, 4) is 0 Å². The normalized spacial score (nSPS) is 10.2. The number of urea groups is 1. The van der Waals surface area contributed by atoms with Crippen molar-refractivity contribution in [3.05, 3.63) is 78.4 Å². The van der Waals surface area contributed by atoms with Crippen molar-refractivity contribution < 1.29 is 4.79 Å². The summed E-state index contributed by atoms with van der Waals surface area (Å²) in [6, 6.07) is 22.7. The Morgan fingerprint density at radius 3 is 2.32 bits per heavy atom. The average molecular weight is 306 g/mol. The van der Waals surface area contributed by atoms with E-state index in [1.807, 2.05) is 72.8 Å². The molecule has 0 aliphatic carbocycles. The van der Waals surface area contributed by atoms with Gasteiger partial charge in [-0.15, -0.1) is 0 Å². The highest BCUT2D eigenvalue weighted by molar-refractivity contribution is 7.80. The number of anilines is 1. The van der Waals surface area contributed by atoms with E-state index in [0.717, 1.165) is 22.0 Å². The number of carbonyl (C=O) groups is 1. The van der Waals surface area contributed by atoms with Crippen LogP contribution in [0.3, 0.4) is 0 Å². The lowest BCUT2D eigenvalue weighted by Gasteiger charge is -2.10. The summed E-state index contributed by atoms with van der Waals surface area (Å²) in [6.07, 6.45) is 0. The zero-order chi connectivity index (χ0) is 15.4. The third-order valence-corrected chi connectivity index (χ3v) is 3.64. The molecule has 0 atom stereocenters. The molecular formula is C18H14N2OS. The van der Waals surface area contributed by atoms with Gasteiger partial charge in [-0.05, 0) is 11.5 Å². The van der Waals surface area contributed by atoms with Gasteiger partial charge in [-0.1, -0.05) is 78.9 Å². The lowest BCUT2D eigenvalue weighted by Crippen LogP contribution is -2.33. The second-order valence-corrected chi connectivity index (χ2v) is 5.21. The molecule has 0 saturated heterocycles. The van der Waals surface area contributed by atoms with Crippen LogP contribution in [0.4, 0.5) is 10.5 Å². The molecule has 108 valence electrons.